The molecule has 0 spiro atoms. The Morgan fingerprint density at radius 2 is 1.81 bits per heavy atom. The maximum absolute atomic E-state index is 6.20. The predicted octanol–water partition coefficient (Wildman–Crippen LogP) is 5.10. The van der Waals surface area contributed by atoms with Gasteiger partial charge in [-0.15, -0.1) is 0 Å². The van der Waals surface area contributed by atoms with Crippen LogP contribution in [-0.2, 0) is 4.74 Å². The van der Waals surface area contributed by atoms with E-state index in [4.69, 9.17) is 20.9 Å². The fourth-order valence-corrected chi connectivity index (χ4v) is 3.14. The van der Waals surface area contributed by atoms with Gasteiger partial charge in [0.05, 0.1) is 23.9 Å². The topological polar surface area (TPSA) is 96.3 Å². The maximum atomic E-state index is 6.20. The van der Waals surface area contributed by atoms with Crippen molar-refractivity contribution in [3.05, 3.63) is 65.9 Å². The van der Waals surface area contributed by atoms with Crippen LogP contribution in [0.25, 0.3) is 23.1 Å². The highest BCUT2D eigenvalue weighted by atomic mass is 16.5. The van der Waals surface area contributed by atoms with Crippen LogP contribution in [0.15, 0.2) is 54.6 Å². The molecule has 6 heteroatoms. The van der Waals surface area contributed by atoms with Crippen molar-refractivity contribution in [1.29, 1.82) is 0 Å². The van der Waals surface area contributed by atoms with Gasteiger partial charge in [0, 0.05) is 10.9 Å². The summed E-state index contributed by atoms with van der Waals surface area (Å²) in [7, 11) is 0. The summed E-state index contributed by atoms with van der Waals surface area (Å²) in [5, 5.41) is 0.977. The molecule has 0 fully saturated rings. The molecular weight excluding hydrogens is 388 g/mol. The molecule has 1 atom stereocenters. The van der Waals surface area contributed by atoms with Crippen molar-refractivity contribution in [1.82, 2.24) is 9.97 Å². The number of ether oxygens (including phenoxy) is 2. The van der Waals surface area contributed by atoms with Gasteiger partial charge in [-0.05, 0) is 81.8 Å². The summed E-state index contributed by atoms with van der Waals surface area (Å²) in [6, 6.07) is 13.2. The zero-order valence-corrected chi connectivity index (χ0v) is 18.6. The second-order valence-electron chi connectivity index (χ2n) is 8.21. The van der Waals surface area contributed by atoms with E-state index in [2.05, 4.69) is 16.5 Å². The van der Waals surface area contributed by atoms with Gasteiger partial charge in [0.1, 0.15) is 23.0 Å². The number of aromatic nitrogens is 2. The molecule has 0 bridgehead atoms. The number of nitrogens with two attached hydrogens (primary N) is 2. The largest absolute Gasteiger partial charge is 0.485 e. The Morgan fingerprint density at radius 3 is 2.55 bits per heavy atom. The lowest BCUT2D eigenvalue weighted by molar-refractivity contribution is -0.0221. The molecule has 3 rings (SSSR count). The highest BCUT2D eigenvalue weighted by molar-refractivity contribution is 5.81. The van der Waals surface area contributed by atoms with Crippen LogP contribution in [0.5, 0.6) is 5.75 Å². The average molecular weight is 419 g/mol. The quantitative estimate of drug-likeness (QED) is 0.528. The molecule has 2 heterocycles. The van der Waals surface area contributed by atoms with Crippen LogP contribution in [0.3, 0.4) is 0 Å². The van der Waals surface area contributed by atoms with Crippen molar-refractivity contribution in [3.8, 4) is 5.75 Å². The number of hydrogen-bond acceptors (Lipinski definition) is 6. The molecule has 0 saturated carbocycles. The number of rotatable bonds is 8. The number of hydrogen-bond donors (Lipinski definition) is 2. The molecule has 31 heavy (non-hydrogen) atoms. The van der Waals surface area contributed by atoms with Gasteiger partial charge in [-0.1, -0.05) is 12.7 Å². The van der Waals surface area contributed by atoms with Crippen molar-refractivity contribution in [2.45, 2.75) is 39.4 Å². The third kappa shape index (κ3) is 5.83. The summed E-state index contributed by atoms with van der Waals surface area (Å²) in [5.74, 6) is 1.74. The van der Waals surface area contributed by atoms with E-state index in [1.165, 1.54) is 0 Å². The normalized spacial score (nSPS) is 13.2. The Morgan fingerprint density at radius 1 is 1.10 bits per heavy atom. The minimum absolute atomic E-state index is 0.0955. The van der Waals surface area contributed by atoms with Crippen LogP contribution in [0.4, 0.5) is 11.6 Å². The molecule has 0 saturated heterocycles. The van der Waals surface area contributed by atoms with Crippen LogP contribution in [0, 0.1) is 0 Å². The molecule has 6 nitrogen and oxygen atoms in total. The molecule has 3 aromatic rings. The Balaban J connectivity index is 1.65. The molecule has 2 aromatic heterocycles. The van der Waals surface area contributed by atoms with Gasteiger partial charge in [0.2, 0.25) is 0 Å². The number of nitrogens with zero attached hydrogens (tertiary/aromatic N) is 2. The van der Waals surface area contributed by atoms with Crippen LogP contribution >= 0.6 is 0 Å². The van der Waals surface area contributed by atoms with E-state index in [0.717, 1.165) is 33.5 Å². The molecule has 0 radical (unpaired) electrons. The van der Waals surface area contributed by atoms with Crippen molar-refractivity contribution in [2.24, 2.45) is 0 Å². The molecule has 162 valence electrons. The molecule has 0 aliphatic carbocycles. The first-order valence-electron chi connectivity index (χ1n) is 10.2. The standard InChI is InChI=1S/C25H30N4O2/c1-6-21-18(7-11-23(26)28-21)13-16(2)17(3)30-15-25(4,5)31-20-9-10-22-19(14-20)8-12-24(27)29-22/h6-14,17H,1,15H2,2-5H3,(H2,26,28)(H2,27,29)/b16-13+. The fraction of sp³-hybridized carbons (Fsp3) is 0.280. The third-order valence-corrected chi connectivity index (χ3v) is 4.95. The number of nitrogen functional groups attached to an aromatic ring is 2. The van der Waals surface area contributed by atoms with Gasteiger partial charge in [0.15, 0.2) is 0 Å². The van der Waals surface area contributed by atoms with Crippen LogP contribution in [0.2, 0.25) is 0 Å². The van der Waals surface area contributed by atoms with Gasteiger partial charge in [-0.25, -0.2) is 9.97 Å². The molecule has 0 amide bonds. The fourth-order valence-electron chi connectivity index (χ4n) is 3.14. The average Bonchev–Trinajstić information content (AvgIpc) is 2.73. The summed E-state index contributed by atoms with van der Waals surface area (Å²) in [6.07, 6.45) is 3.65. The van der Waals surface area contributed by atoms with Gasteiger partial charge >= 0.3 is 0 Å². The van der Waals surface area contributed by atoms with E-state index in [9.17, 15) is 0 Å². The van der Waals surface area contributed by atoms with E-state index < -0.39 is 5.60 Å². The first kappa shape index (κ1) is 22.3. The van der Waals surface area contributed by atoms with E-state index >= 15 is 0 Å². The second kappa shape index (κ2) is 9.18. The lowest BCUT2D eigenvalue weighted by Crippen LogP contribution is -2.35. The Labute approximate surface area is 183 Å². The van der Waals surface area contributed by atoms with Crippen LogP contribution in [-0.4, -0.2) is 28.3 Å². The number of pyridine rings is 2. The lowest BCUT2D eigenvalue weighted by atomic mass is 10.1. The van der Waals surface area contributed by atoms with E-state index in [1.807, 2.05) is 64.1 Å². The number of benzene rings is 1. The van der Waals surface area contributed by atoms with E-state index in [0.29, 0.717) is 18.2 Å². The smallest absolute Gasteiger partial charge is 0.127 e. The monoisotopic (exact) mass is 418 g/mol. The second-order valence-corrected chi connectivity index (χ2v) is 8.21. The van der Waals surface area contributed by atoms with Gasteiger partial charge < -0.3 is 20.9 Å². The van der Waals surface area contributed by atoms with Crippen LogP contribution in [0.1, 0.15) is 39.0 Å². The van der Waals surface area contributed by atoms with Crippen molar-refractivity contribution >= 4 is 34.7 Å². The molecule has 4 N–H and O–H groups in total. The summed E-state index contributed by atoms with van der Waals surface area (Å²) in [5.41, 5.74) is 14.6. The van der Waals surface area contributed by atoms with Gasteiger partial charge in [0.25, 0.3) is 0 Å². The van der Waals surface area contributed by atoms with Gasteiger partial charge in [-0.3, -0.25) is 0 Å². The first-order chi connectivity index (χ1) is 14.7. The van der Waals surface area contributed by atoms with Gasteiger partial charge in [-0.2, -0.15) is 0 Å². The Hall–Kier alpha value is -3.38. The molecule has 1 unspecified atom stereocenters. The molecule has 0 aliphatic heterocycles. The summed E-state index contributed by atoms with van der Waals surface area (Å²) >= 11 is 0. The minimum Gasteiger partial charge on any atom is -0.485 e. The highest BCUT2D eigenvalue weighted by Gasteiger charge is 2.22. The Bertz CT molecular complexity index is 1120. The van der Waals surface area contributed by atoms with Crippen molar-refractivity contribution in [2.75, 3.05) is 18.1 Å². The Kier molecular flexibility index (Phi) is 6.61. The zero-order chi connectivity index (χ0) is 22.6. The summed E-state index contributed by atoms with van der Waals surface area (Å²) in [4.78, 5) is 8.62. The van der Waals surface area contributed by atoms with Crippen molar-refractivity contribution < 1.29 is 9.47 Å². The molecule has 1 aromatic carbocycles. The highest BCUT2D eigenvalue weighted by Crippen LogP contribution is 2.25. The lowest BCUT2D eigenvalue weighted by Gasteiger charge is -2.28. The summed E-state index contributed by atoms with van der Waals surface area (Å²) in [6.45, 7) is 12.3. The minimum atomic E-state index is -0.515. The SMILES string of the molecule is C=Cc1nc(N)ccc1/C=C(\C)C(C)OCC(C)(C)Oc1ccc2nc(N)ccc2c1. The maximum Gasteiger partial charge on any atom is 0.127 e. The first-order valence-corrected chi connectivity index (χ1v) is 10.2. The van der Waals surface area contributed by atoms with E-state index in [-0.39, 0.29) is 6.10 Å². The zero-order valence-electron chi connectivity index (χ0n) is 18.6. The van der Waals surface area contributed by atoms with Crippen molar-refractivity contribution in [3.63, 3.8) is 0 Å². The summed E-state index contributed by atoms with van der Waals surface area (Å²) < 4.78 is 12.3. The number of anilines is 2. The third-order valence-electron chi connectivity index (χ3n) is 4.95. The molecule has 0 aliphatic rings. The number of fused-ring (bicyclic) bond motifs is 1. The van der Waals surface area contributed by atoms with E-state index in [1.54, 1.807) is 18.2 Å². The van der Waals surface area contributed by atoms with Crippen LogP contribution < -0.4 is 16.2 Å². The predicted molar refractivity (Wildman–Crippen MR) is 129 cm³/mol. The molecular formula is C25H30N4O2.